The lowest BCUT2D eigenvalue weighted by atomic mass is 10.0. The number of aliphatic hydroxyl groups excluding tert-OH is 1. The van der Waals surface area contributed by atoms with Crippen LogP contribution in [0.4, 0.5) is 0 Å². The maximum Gasteiger partial charge on any atom is 0.0547 e. The third-order valence-electron chi connectivity index (χ3n) is 2.65. The molecule has 0 saturated carbocycles. The standard InChI is InChI=1S/C15H15ClOS/c16-14-8-6-13(7-9-14)15(18-11-10-17)12-4-2-1-3-5-12/h1-9,15,17H,10-11H2/t15-/m1/s1. The van der Waals surface area contributed by atoms with Gasteiger partial charge in [-0.15, -0.1) is 11.8 Å². The first kappa shape index (κ1) is 13.5. The lowest BCUT2D eigenvalue weighted by Crippen LogP contribution is -1.99. The Bertz CT molecular complexity index is 470. The number of thioether (sulfide) groups is 1. The van der Waals surface area contributed by atoms with Crippen molar-refractivity contribution < 1.29 is 5.11 Å². The van der Waals surface area contributed by atoms with E-state index < -0.39 is 0 Å². The Labute approximate surface area is 117 Å². The summed E-state index contributed by atoms with van der Waals surface area (Å²) in [6.45, 7) is 0.196. The molecule has 1 nitrogen and oxygen atoms in total. The third-order valence-corrected chi connectivity index (χ3v) is 4.20. The van der Waals surface area contributed by atoms with Crippen molar-refractivity contribution in [3.63, 3.8) is 0 Å². The predicted octanol–water partition coefficient (Wildman–Crippen LogP) is 4.15. The first-order chi connectivity index (χ1) is 8.81. The van der Waals surface area contributed by atoms with Gasteiger partial charge in [-0.2, -0.15) is 0 Å². The van der Waals surface area contributed by atoms with E-state index in [0.29, 0.717) is 0 Å². The van der Waals surface area contributed by atoms with Gasteiger partial charge in [0, 0.05) is 10.8 Å². The molecule has 0 saturated heterocycles. The Morgan fingerprint density at radius 1 is 0.944 bits per heavy atom. The maximum atomic E-state index is 9.01. The molecule has 0 aliphatic carbocycles. The van der Waals surface area contributed by atoms with Crippen molar-refractivity contribution in [1.82, 2.24) is 0 Å². The molecule has 0 bridgehead atoms. The Balaban J connectivity index is 2.27. The molecule has 0 aliphatic rings. The van der Waals surface area contributed by atoms with Gasteiger partial charge in [0.25, 0.3) is 0 Å². The Kier molecular flexibility index (Phi) is 5.12. The molecule has 0 heterocycles. The quantitative estimate of drug-likeness (QED) is 0.886. The molecule has 0 amide bonds. The highest BCUT2D eigenvalue weighted by atomic mass is 35.5. The fourth-order valence-electron chi connectivity index (χ4n) is 1.82. The second kappa shape index (κ2) is 6.83. The van der Waals surface area contributed by atoms with Crippen LogP contribution in [0.5, 0.6) is 0 Å². The summed E-state index contributed by atoms with van der Waals surface area (Å²) < 4.78 is 0. The zero-order chi connectivity index (χ0) is 12.8. The summed E-state index contributed by atoms with van der Waals surface area (Å²) in [5.41, 5.74) is 2.46. The van der Waals surface area contributed by atoms with E-state index >= 15 is 0 Å². The number of rotatable bonds is 5. The van der Waals surface area contributed by atoms with E-state index in [2.05, 4.69) is 12.1 Å². The van der Waals surface area contributed by atoms with Gasteiger partial charge in [0.05, 0.1) is 11.9 Å². The Hall–Kier alpha value is -0.960. The smallest absolute Gasteiger partial charge is 0.0547 e. The second-order valence-electron chi connectivity index (χ2n) is 3.94. The molecule has 18 heavy (non-hydrogen) atoms. The molecule has 2 aromatic rings. The van der Waals surface area contributed by atoms with Crippen LogP contribution in [0.25, 0.3) is 0 Å². The minimum Gasteiger partial charge on any atom is -0.396 e. The molecule has 0 spiro atoms. The van der Waals surface area contributed by atoms with Gasteiger partial charge in [-0.1, -0.05) is 54.1 Å². The molecule has 0 unspecified atom stereocenters. The van der Waals surface area contributed by atoms with Crippen LogP contribution in [0.2, 0.25) is 5.02 Å². The first-order valence-corrected chi connectivity index (χ1v) is 7.27. The molecule has 3 heteroatoms. The van der Waals surface area contributed by atoms with Crippen molar-refractivity contribution in [2.24, 2.45) is 0 Å². The van der Waals surface area contributed by atoms with Gasteiger partial charge in [0.15, 0.2) is 0 Å². The average Bonchev–Trinajstić information content (AvgIpc) is 2.42. The van der Waals surface area contributed by atoms with Crippen LogP contribution in [-0.4, -0.2) is 17.5 Å². The van der Waals surface area contributed by atoms with Crippen molar-refractivity contribution in [3.8, 4) is 0 Å². The molecular formula is C15H15ClOS. The molecule has 1 N–H and O–H groups in total. The van der Waals surface area contributed by atoms with Gasteiger partial charge in [-0.3, -0.25) is 0 Å². The van der Waals surface area contributed by atoms with E-state index in [0.717, 1.165) is 10.8 Å². The maximum absolute atomic E-state index is 9.01. The zero-order valence-corrected chi connectivity index (χ0v) is 11.5. The van der Waals surface area contributed by atoms with Gasteiger partial charge in [0.1, 0.15) is 0 Å². The number of benzene rings is 2. The number of halogens is 1. The molecule has 0 aliphatic heterocycles. The third kappa shape index (κ3) is 3.52. The van der Waals surface area contributed by atoms with Gasteiger partial charge in [-0.25, -0.2) is 0 Å². The van der Waals surface area contributed by atoms with Crippen LogP contribution in [0.3, 0.4) is 0 Å². The molecule has 2 rings (SSSR count). The highest BCUT2D eigenvalue weighted by Crippen LogP contribution is 2.35. The SMILES string of the molecule is OCCS[C@H](c1ccccc1)c1ccc(Cl)cc1. The summed E-state index contributed by atoms with van der Waals surface area (Å²) >= 11 is 7.66. The van der Waals surface area contributed by atoms with Crippen molar-refractivity contribution in [3.05, 3.63) is 70.7 Å². The minimum atomic E-state index is 0.196. The molecular weight excluding hydrogens is 264 g/mol. The normalized spacial score (nSPS) is 12.3. The summed E-state index contributed by atoms with van der Waals surface area (Å²) in [5, 5.41) is 10.0. The van der Waals surface area contributed by atoms with E-state index in [-0.39, 0.29) is 11.9 Å². The largest absolute Gasteiger partial charge is 0.396 e. The molecule has 0 aromatic heterocycles. The fraction of sp³-hybridized carbons (Fsp3) is 0.200. The van der Waals surface area contributed by atoms with Crippen LogP contribution in [0.1, 0.15) is 16.4 Å². The van der Waals surface area contributed by atoms with E-state index in [1.165, 1.54) is 11.1 Å². The highest BCUT2D eigenvalue weighted by Gasteiger charge is 2.13. The summed E-state index contributed by atoms with van der Waals surface area (Å²) in [7, 11) is 0. The monoisotopic (exact) mass is 278 g/mol. The van der Waals surface area contributed by atoms with Crippen molar-refractivity contribution in [1.29, 1.82) is 0 Å². The van der Waals surface area contributed by atoms with Gasteiger partial charge >= 0.3 is 0 Å². The first-order valence-electron chi connectivity index (χ1n) is 5.84. The Morgan fingerprint density at radius 3 is 2.17 bits per heavy atom. The average molecular weight is 279 g/mol. The molecule has 0 fully saturated rings. The molecule has 0 radical (unpaired) electrons. The van der Waals surface area contributed by atoms with E-state index in [1.807, 2.05) is 42.5 Å². The summed E-state index contributed by atoms with van der Waals surface area (Å²) in [4.78, 5) is 0. The summed E-state index contributed by atoms with van der Waals surface area (Å²) in [5.74, 6) is 0.724. The number of hydrogen-bond acceptors (Lipinski definition) is 2. The van der Waals surface area contributed by atoms with Crippen LogP contribution >= 0.6 is 23.4 Å². The predicted molar refractivity (Wildman–Crippen MR) is 79.3 cm³/mol. The van der Waals surface area contributed by atoms with Crippen LogP contribution in [0.15, 0.2) is 54.6 Å². The minimum absolute atomic E-state index is 0.196. The summed E-state index contributed by atoms with van der Waals surface area (Å²) in [6, 6.07) is 18.2. The van der Waals surface area contributed by atoms with Gasteiger partial charge < -0.3 is 5.11 Å². The lowest BCUT2D eigenvalue weighted by molar-refractivity contribution is 0.322. The van der Waals surface area contributed by atoms with Crippen molar-refractivity contribution >= 4 is 23.4 Å². The van der Waals surface area contributed by atoms with Gasteiger partial charge in [0.2, 0.25) is 0 Å². The summed E-state index contributed by atoms with van der Waals surface area (Å²) in [6.07, 6.45) is 0. The van der Waals surface area contributed by atoms with E-state index in [4.69, 9.17) is 16.7 Å². The lowest BCUT2D eigenvalue weighted by Gasteiger charge is -2.17. The van der Waals surface area contributed by atoms with Crippen molar-refractivity contribution in [2.45, 2.75) is 5.25 Å². The zero-order valence-electron chi connectivity index (χ0n) is 9.92. The van der Waals surface area contributed by atoms with Gasteiger partial charge in [-0.05, 0) is 23.3 Å². The van der Waals surface area contributed by atoms with Crippen LogP contribution < -0.4 is 0 Å². The van der Waals surface area contributed by atoms with E-state index in [1.54, 1.807) is 11.8 Å². The van der Waals surface area contributed by atoms with Crippen LogP contribution in [-0.2, 0) is 0 Å². The number of aliphatic hydroxyl groups is 1. The Morgan fingerprint density at radius 2 is 1.56 bits per heavy atom. The topological polar surface area (TPSA) is 20.2 Å². The highest BCUT2D eigenvalue weighted by molar-refractivity contribution is 7.99. The van der Waals surface area contributed by atoms with Crippen molar-refractivity contribution in [2.75, 3.05) is 12.4 Å². The molecule has 1 atom stereocenters. The second-order valence-corrected chi connectivity index (χ2v) is 5.59. The van der Waals surface area contributed by atoms with E-state index in [9.17, 15) is 0 Å². The molecule has 2 aromatic carbocycles. The molecule has 94 valence electrons. The number of hydrogen-bond donors (Lipinski definition) is 1. The van der Waals surface area contributed by atoms with Crippen LogP contribution in [0, 0.1) is 0 Å². The fourth-order valence-corrected chi connectivity index (χ4v) is 2.99.